The Morgan fingerprint density at radius 3 is 2.61 bits per heavy atom. The first-order chi connectivity index (χ1) is 11.3. The predicted molar refractivity (Wildman–Crippen MR) is 92.6 cm³/mol. The number of nitrogens with two attached hydrogens (primary N) is 1. The Bertz CT molecular complexity index is 647. The van der Waals surface area contributed by atoms with Crippen LogP contribution in [0.5, 0.6) is 0 Å². The highest BCUT2D eigenvalue weighted by atomic mass is 32.1. The van der Waals surface area contributed by atoms with Crippen LogP contribution in [0.1, 0.15) is 16.8 Å². The molecule has 0 unspecified atom stereocenters. The molecule has 0 aliphatic carbocycles. The second-order valence-electron chi connectivity index (χ2n) is 5.27. The molecule has 2 aromatic rings. The van der Waals surface area contributed by atoms with Gasteiger partial charge in [-0.1, -0.05) is 6.92 Å². The first-order valence-electron chi connectivity index (χ1n) is 7.76. The van der Waals surface area contributed by atoms with Gasteiger partial charge in [0.05, 0.1) is 6.54 Å². The van der Waals surface area contributed by atoms with Crippen molar-refractivity contribution in [3.8, 4) is 0 Å². The zero-order valence-electron chi connectivity index (χ0n) is 13.2. The Labute approximate surface area is 139 Å². The van der Waals surface area contributed by atoms with Gasteiger partial charge in [0, 0.05) is 49.6 Å². The maximum atomic E-state index is 6.12. The highest BCUT2D eigenvalue weighted by Gasteiger charge is 2.19. The average molecular weight is 331 g/mol. The third-order valence-electron chi connectivity index (χ3n) is 3.76. The fourth-order valence-electron chi connectivity index (χ4n) is 2.42. The van der Waals surface area contributed by atoms with E-state index in [4.69, 9.17) is 5.73 Å². The van der Waals surface area contributed by atoms with Gasteiger partial charge in [0.2, 0.25) is 5.95 Å². The van der Waals surface area contributed by atoms with Crippen LogP contribution >= 0.6 is 11.3 Å². The van der Waals surface area contributed by atoms with Crippen molar-refractivity contribution in [2.75, 3.05) is 31.1 Å². The number of hydrogen-bond donors (Lipinski definition) is 1. The summed E-state index contributed by atoms with van der Waals surface area (Å²) in [5.74, 6) is 1.37. The number of aromatic nitrogens is 3. The van der Waals surface area contributed by atoms with Crippen LogP contribution in [0.2, 0.25) is 0 Å². The standard InChI is InChI=1S/C15H21N7S/c1-2-12-10-19-13(23-12)11-20-14(16)21-6-8-22(9-7-21)15-17-4-3-5-18-15/h3-5,10H,2,6-9,11H2,1H3,(H2,16,20). The van der Waals surface area contributed by atoms with E-state index < -0.39 is 0 Å². The number of hydrogen-bond acceptors (Lipinski definition) is 6. The lowest BCUT2D eigenvalue weighted by molar-refractivity contribution is 0.378. The molecule has 3 rings (SSSR count). The van der Waals surface area contributed by atoms with E-state index in [2.05, 4.69) is 36.7 Å². The lowest BCUT2D eigenvalue weighted by Gasteiger charge is -2.35. The van der Waals surface area contributed by atoms with Crippen molar-refractivity contribution in [3.63, 3.8) is 0 Å². The Morgan fingerprint density at radius 2 is 1.96 bits per heavy atom. The summed E-state index contributed by atoms with van der Waals surface area (Å²) < 4.78 is 0. The van der Waals surface area contributed by atoms with Crippen molar-refractivity contribution in [1.29, 1.82) is 0 Å². The van der Waals surface area contributed by atoms with Crippen LogP contribution in [0.4, 0.5) is 5.95 Å². The SMILES string of the molecule is CCc1cnc(CN=C(N)N2CCN(c3ncccn3)CC2)s1. The molecule has 2 aromatic heterocycles. The lowest BCUT2D eigenvalue weighted by atomic mass is 10.3. The molecule has 0 spiro atoms. The molecule has 2 N–H and O–H groups in total. The molecular weight excluding hydrogens is 310 g/mol. The molecule has 1 saturated heterocycles. The first kappa shape index (κ1) is 15.7. The van der Waals surface area contributed by atoms with E-state index in [0.29, 0.717) is 12.5 Å². The monoisotopic (exact) mass is 331 g/mol. The summed E-state index contributed by atoms with van der Waals surface area (Å²) >= 11 is 1.70. The first-order valence-corrected chi connectivity index (χ1v) is 8.58. The predicted octanol–water partition coefficient (Wildman–Crippen LogP) is 1.13. The molecule has 0 saturated carbocycles. The molecule has 8 heteroatoms. The minimum absolute atomic E-state index is 0.554. The number of nitrogens with zero attached hydrogens (tertiary/aromatic N) is 6. The lowest BCUT2D eigenvalue weighted by Crippen LogP contribution is -2.51. The van der Waals surface area contributed by atoms with Gasteiger partial charge in [-0.05, 0) is 12.5 Å². The van der Waals surface area contributed by atoms with Crippen LogP contribution in [0, 0.1) is 0 Å². The maximum Gasteiger partial charge on any atom is 0.225 e. The van der Waals surface area contributed by atoms with Crippen LogP contribution in [-0.4, -0.2) is 52.0 Å². The highest BCUT2D eigenvalue weighted by molar-refractivity contribution is 7.11. The minimum atomic E-state index is 0.554. The summed E-state index contributed by atoms with van der Waals surface area (Å²) in [7, 11) is 0. The highest BCUT2D eigenvalue weighted by Crippen LogP contribution is 2.14. The molecule has 0 atom stereocenters. The van der Waals surface area contributed by atoms with Crippen molar-refractivity contribution in [1.82, 2.24) is 19.9 Å². The molecule has 1 aliphatic heterocycles. The van der Waals surface area contributed by atoms with Crippen LogP contribution in [0.15, 0.2) is 29.6 Å². The van der Waals surface area contributed by atoms with Crippen LogP contribution in [0.3, 0.4) is 0 Å². The van der Waals surface area contributed by atoms with Gasteiger partial charge in [0.1, 0.15) is 5.01 Å². The summed E-state index contributed by atoms with van der Waals surface area (Å²) in [5, 5.41) is 1.01. The van der Waals surface area contributed by atoms with Crippen molar-refractivity contribution in [2.45, 2.75) is 19.9 Å². The zero-order valence-corrected chi connectivity index (χ0v) is 14.0. The zero-order chi connectivity index (χ0) is 16.1. The molecule has 0 radical (unpaired) electrons. The topological polar surface area (TPSA) is 83.5 Å². The number of anilines is 1. The molecule has 0 aromatic carbocycles. The fourth-order valence-corrected chi connectivity index (χ4v) is 3.21. The quantitative estimate of drug-likeness (QED) is 0.668. The second-order valence-corrected chi connectivity index (χ2v) is 6.47. The second kappa shape index (κ2) is 7.36. The molecule has 1 aliphatic rings. The van der Waals surface area contributed by atoms with E-state index in [-0.39, 0.29) is 0 Å². The largest absolute Gasteiger partial charge is 0.370 e. The number of piperazine rings is 1. The van der Waals surface area contributed by atoms with Gasteiger partial charge < -0.3 is 15.5 Å². The van der Waals surface area contributed by atoms with E-state index in [1.165, 1.54) is 4.88 Å². The number of rotatable bonds is 4. The molecule has 3 heterocycles. The fraction of sp³-hybridized carbons (Fsp3) is 0.467. The molecule has 0 bridgehead atoms. The van der Waals surface area contributed by atoms with Crippen LogP contribution in [0.25, 0.3) is 0 Å². The van der Waals surface area contributed by atoms with Gasteiger partial charge in [-0.25, -0.2) is 19.9 Å². The summed E-state index contributed by atoms with van der Waals surface area (Å²) in [5.41, 5.74) is 6.12. The van der Waals surface area contributed by atoms with Crippen LogP contribution in [-0.2, 0) is 13.0 Å². The molecule has 23 heavy (non-hydrogen) atoms. The molecule has 7 nitrogen and oxygen atoms in total. The van der Waals surface area contributed by atoms with Crippen molar-refractivity contribution < 1.29 is 0 Å². The van der Waals surface area contributed by atoms with Gasteiger partial charge in [0.25, 0.3) is 0 Å². The van der Waals surface area contributed by atoms with Gasteiger partial charge >= 0.3 is 0 Å². The van der Waals surface area contributed by atoms with Gasteiger partial charge in [-0.2, -0.15) is 0 Å². The van der Waals surface area contributed by atoms with Crippen molar-refractivity contribution in [3.05, 3.63) is 34.5 Å². The summed E-state index contributed by atoms with van der Waals surface area (Å²) in [4.78, 5) is 23.0. The van der Waals surface area contributed by atoms with Gasteiger partial charge in [-0.3, -0.25) is 0 Å². The Morgan fingerprint density at radius 1 is 1.22 bits per heavy atom. The van der Waals surface area contributed by atoms with Crippen LogP contribution < -0.4 is 10.6 Å². The minimum Gasteiger partial charge on any atom is -0.370 e. The average Bonchev–Trinajstić information content (AvgIpc) is 3.09. The molecular formula is C15H21N7S. The number of aryl methyl sites for hydroxylation is 1. The number of aliphatic imine (C=N–C) groups is 1. The van der Waals surface area contributed by atoms with E-state index >= 15 is 0 Å². The van der Waals surface area contributed by atoms with Gasteiger partial charge in [-0.15, -0.1) is 11.3 Å². The van der Waals surface area contributed by atoms with Crippen molar-refractivity contribution in [2.24, 2.45) is 10.7 Å². The molecule has 1 fully saturated rings. The Kier molecular flexibility index (Phi) is 5.02. The van der Waals surface area contributed by atoms with E-state index in [1.54, 1.807) is 23.7 Å². The molecule has 0 amide bonds. The van der Waals surface area contributed by atoms with E-state index in [0.717, 1.165) is 43.6 Å². The maximum absolute atomic E-state index is 6.12. The molecule has 122 valence electrons. The van der Waals surface area contributed by atoms with E-state index in [1.807, 2.05) is 12.3 Å². The van der Waals surface area contributed by atoms with Gasteiger partial charge in [0.15, 0.2) is 5.96 Å². The summed E-state index contributed by atoms with van der Waals surface area (Å²) in [6, 6.07) is 1.83. The smallest absolute Gasteiger partial charge is 0.225 e. The summed E-state index contributed by atoms with van der Waals surface area (Å²) in [6.07, 6.45) is 6.47. The Balaban J connectivity index is 1.53. The Hall–Kier alpha value is -2.22. The number of guanidine groups is 1. The number of thiazole rings is 1. The third kappa shape index (κ3) is 3.95. The van der Waals surface area contributed by atoms with E-state index in [9.17, 15) is 0 Å². The van der Waals surface area contributed by atoms with Crippen molar-refractivity contribution >= 4 is 23.2 Å². The third-order valence-corrected chi connectivity index (χ3v) is 4.89. The normalized spacial score (nSPS) is 16.0. The summed E-state index contributed by atoms with van der Waals surface area (Å²) in [6.45, 7) is 6.02.